The van der Waals surface area contributed by atoms with Crippen LogP contribution in [-0.4, -0.2) is 73.8 Å². The Balaban J connectivity index is 1.91. The van der Waals surface area contributed by atoms with E-state index in [1.54, 1.807) is 37.3 Å². The normalized spacial score (nSPS) is 21.7. The van der Waals surface area contributed by atoms with Crippen molar-refractivity contribution in [2.24, 2.45) is 5.92 Å². The molecule has 0 spiro atoms. The number of methoxy groups -OCH3 is 1. The van der Waals surface area contributed by atoms with Crippen LogP contribution < -0.4 is 15.4 Å². The molecular weight excluding hydrogens is 456 g/mol. The highest BCUT2D eigenvalue weighted by molar-refractivity contribution is 5.99. The Morgan fingerprint density at radius 3 is 2.53 bits per heavy atom. The van der Waals surface area contributed by atoms with Crippen molar-refractivity contribution in [3.8, 4) is 5.75 Å². The zero-order chi connectivity index (χ0) is 26.2. The molecule has 3 atom stereocenters. The maximum Gasteiger partial charge on any atom is 0.319 e. The van der Waals surface area contributed by atoms with Crippen LogP contribution >= 0.6 is 0 Å². The first-order chi connectivity index (χ1) is 17.2. The lowest BCUT2D eigenvalue weighted by atomic mass is 10.0. The van der Waals surface area contributed by atoms with Crippen LogP contribution in [0.5, 0.6) is 5.75 Å². The first-order valence-corrected chi connectivity index (χ1v) is 12.6. The van der Waals surface area contributed by atoms with Gasteiger partial charge in [0.25, 0.3) is 5.91 Å². The molecule has 0 aliphatic carbocycles. The molecule has 0 fully saturated rings. The van der Waals surface area contributed by atoms with Gasteiger partial charge in [0, 0.05) is 51.6 Å². The van der Waals surface area contributed by atoms with Gasteiger partial charge < -0.3 is 25.0 Å². The minimum absolute atomic E-state index is 0.00123. The predicted molar refractivity (Wildman–Crippen MR) is 142 cm³/mol. The lowest BCUT2D eigenvalue weighted by molar-refractivity contribution is 0.00921. The number of rotatable bonds is 5. The van der Waals surface area contributed by atoms with E-state index in [4.69, 9.17) is 9.47 Å². The fourth-order valence-corrected chi connectivity index (χ4v) is 4.40. The van der Waals surface area contributed by atoms with Gasteiger partial charge in [-0.3, -0.25) is 9.69 Å². The third kappa shape index (κ3) is 7.45. The van der Waals surface area contributed by atoms with E-state index in [0.29, 0.717) is 30.2 Å². The molecule has 1 heterocycles. The Bertz CT molecular complexity index is 1010. The number of likely N-dealkylation sites (N-methyl/N-ethyl adjacent to an activating group) is 1. The minimum atomic E-state index is -0.321. The van der Waals surface area contributed by atoms with E-state index in [9.17, 15) is 9.59 Å². The predicted octanol–water partition coefficient (Wildman–Crippen LogP) is 4.22. The minimum Gasteiger partial charge on any atom is -0.491 e. The maximum absolute atomic E-state index is 13.5. The fraction of sp³-hybridized carbons (Fsp3) is 0.500. The standard InChI is InChI=1S/C28H40N4O4/c1-19(2)29-28(34)30-23-12-13-25-24(14-23)27(33)31(5)17-26(35-6)20(3)15-32(21(4)18-36-25)16-22-10-8-7-9-11-22/h7-14,19-21,26H,15-18H2,1-6H3,(H2,29,30,34)/t20-,21-,26+/m1/s1. The number of nitrogens with zero attached hydrogens (tertiary/aromatic N) is 2. The van der Waals surface area contributed by atoms with Gasteiger partial charge in [0.05, 0.1) is 11.7 Å². The number of amides is 3. The highest BCUT2D eigenvalue weighted by Gasteiger charge is 2.28. The Kier molecular flexibility index (Phi) is 9.73. The molecule has 196 valence electrons. The summed E-state index contributed by atoms with van der Waals surface area (Å²) in [4.78, 5) is 29.8. The van der Waals surface area contributed by atoms with Gasteiger partial charge in [0.2, 0.25) is 0 Å². The fourth-order valence-electron chi connectivity index (χ4n) is 4.40. The Labute approximate surface area is 214 Å². The molecule has 0 bridgehead atoms. The van der Waals surface area contributed by atoms with Gasteiger partial charge in [0.1, 0.15) is 12.4 Å². The summed E-state index contributed by atoms with van der Waals surface area (Å²) >= 11 is 0. The molecule has 3 amide bonds. The van der Waals surface area contributed by atoms with Crippen molar-refractivity contribution in [3.63, 3.8) is 0 Å². The molecule has 1 aliphatic heterocycles. The molecular formula is C28H40N4O4. The second kappa shape index (κ2) is 12.7. The van der Waals surface area contributed by atoms with Crippen LogP contribution in [0, 0.1) is 5.92 Å². The Morgan fingerprint density at radius 2 is 1.86 bits per heavy atom. The number of fused-ring (bicyclic) bond motifs is 1. The number of anilines is 1. The summed E-state index contributed by atoms with van der Waals surface area (Å²) in [6, 6.07) is 15.4. The molecule has 0 saturated carbocycles. The van der Waals surface area contributed by atoms with Gasteiger partial charge in [-0.15, -0.1) is 0 Å². The van der Waals surface area contributed by atoms with E-state index in [0.717, 1.165) is 13.1 Å². The number of carbonyl (C=O) groups is 2. The summed E-state index contributed by atoms with van der Waals surface area (Å²) < 4.78 is 12.1. The molecule has 0 aromatic heterocycles. The van der Waals surface area contributed by atoms with Gasteiger partial charge >= 0.3 is 6.03 Å². The molecule has 2 aromatic carbocycles. The number of urea groups is 1. The lowest BCUT2D eigenvalue weighted by Crippen LogP contribution is -2.46. The van der Waals surface area contributed by atoms with Crippen molar-refractivity contribution < 1.29 is 19.1 Å². The Hall–Kier alpha value is -3.10. The summed E-state index contributed by atoms with van der Waals surface area (Å²) in [6.07, 6.45) is -0.133. The van der Waals surface area contributed by atoms with Crippen LogP contribution in [0.1, 0.15) is 43.6 Å². The third-order valence-corrected chi connectivity index (χ3v) is 6.48. The van der Waals surface area contributed by atoms with E-state index in [1.807, 2.05) is 19.9 Å². The molecule has 8 nitrogen and oxygen atoms in total. The summed E-state index contributed by atoms with van der Waals surface area (Å²) in [7, 11) is 3.47. The van der Waals surface area contributed by atoms with E-state index in [-0.39, 0.29) is 36.0 Å². The first kappa shape index (κ1) is 27.5. The molecule has 3 rings (SSSR count). The van der Waals surface area contributed by atoms with Crippen molar-refractivity contribution in [1.82, 2.24) is 15.1 Å². The van der Waals surface area contributed by atoms with Crippen molar-refractivity contribution in [3.05, 3.63) is 59.7 Å². The maximum atomic E-state index is 13.5. The smallest absolute Gasteiger partial charge is 0.319 e. The largest absolute Gasteiger partial charge is 0.491 e. The topological polar surface area (TPSA) is 83.1 Å². The van der Waals surface area contributed by atoms with E-state index in [1.165, 1.54) is 5.56 Å². The van der Waals surface area contributed by atoms with Gasteiger partial charge in [-0.1, -0.05) is 37.3 Å². The zero-order valence-electron chi connectivity index (χ0n) is 22.3. The van der Waals surface area contributed by atoms with Gasteiger partial charge in [-0.25, -0.2) is 4.79 Å². The van der Waals surface area contributed by atoms with Gasteiger partial charge in [-0.2, -0.15) is 0 Å². The molecule has 2 aromatic rings. The highest BCUT2D eigenvalue weighted by atomic mass is 16.5. The molecule has 2 N–H and O–H groups in total. The number of nitrogens with one attached hydrogen (secondary N) is 2. The first-order valence-electron chi connectivity index (χ1n) is 12.6. The molecule has 8 heteroatoms. The monoisotopic (exact) mass is 496 g/mol. The number of benzene rings is 2. The average molecular weight is 497 g/mol. The van der Waals surface area contributed by atoms with Gasteiger partial charge in [0.15, 0.2) is 0 Å². The third-order valence-electron chi connectivity index (χ3n) is 6.48. The quantitative estimate of drug-likeness (QED) is 0.648. The van der Waals surface area contributed by atoms with Crippen LogP contribution in [0.25, 0.3) is 0 Å². The number of ether oxygens (including phenoxy) is 2. The summed E-state index contributed by atoms with van der Waals surface area (Å²) in [5, 5.41) is 5.60. The van der Waals surface area contributed by atoms with E-state index < -0.39 is 0 Å². The number of hydrogen-bond acceptors (Lipinski definition) is 5. The second-order valence-corrected chi connectivity index (χ2v) is 9.98. The van der Waals surface area contributed by atoms with Crippen LogP contribution in [0.15, 0.2) is 48.5 Å². The number of carbonyl (C=O) groups excluding carboxylic acids is 2. The van der Waals surface area contributed by atoms with E-state index >= 15 is 0 Å². The van der Waals surface area contributed by atoms with Crippen LogP contribution in [0.4, 0.5) is 10.5 Å². The van der Waals surface area contributed by atoms with E-state index in [2.05, 4.69) is 53.6 Å². The van der Waals surface area contributed by atoms with Crippen LogP contribution in [-0.2, 0) is 11.3 Å². The Morgan fingerprint density at radius 1 is 1.14 bits per heavy atom. The highest BCUT2D eigenvalue weighted by Crippen LogP contribution is 2.27. The summed E-state index contributed by atoms with van der Waals surface area (Å²) in [6.45, 7) is 10.5. The molecule has 0 saturated heterocycles. The van der Waals surface area contributed by atoms with Crippen LogP contribution in [0.3, 0.4) is 0 Å². The summed E-state index contributed by atoms with van der Waals surface area (Å²) in [5.74, 6) is 0.500. The zero-order valence-corrected chi connectivity index (χ0v) is 22.3. The van der Waals surface area contributed by atoms with Crippen molar-refractivity contribution in [2.75, 3.05) is 39.2 Å². The van der Waals surface area contributed by atoms with Crippen molar-refractivity contribution >= 4 is 17.6 Å². The average Bonchev–Trinajstić information content (AvgIpc) is 2.84. The molecule has 1 aliphatic rings. The van der Waals surface area contributed by atoms with Crippen molar-refractivity contribution in [1.29, 1.82) is 0 Å². The van der Waals surface area contributed by atoms with Crippen molar-refractivity contribution in [2.45, 2.75) is 52.4 Å². The SMILES string of the molecule is CO[C@H]1CN(C)C(=O)c2cc(NC(=O)NC(C)C)ccc2OC[C@@H](C)N(Cc2ccccc2)C[C@H]1C. The summed E-state index contributed by atoms with van der Waals surface area (Å²) in [5.41, 5.74) is 2.17. The molecule has 0 radical (unpaired) electrons. The number of hydrogen-bond donors (Lipinski definition) is 2. The van der Waals surface area contributed by atoms with Gasteiger partial charge in [-0.05, 0) is 50.5 Å². The second-order valence-electron chi connectivity index (χ2n) is 9.98. The molecule has 0 unspecified atom stereocenters. The van der Waals surface area contributed by atoms with Crippen LogP contribution in [0.2, 0.25) is 0 Å². The lowest BCUT2D eigenvalue weighted by Gasteiger charge is -2.36. The molecule has 36 heavy (non-hydrogen) atoms.